The van der Waals surface area contributed by atoms with Crippen molar-refractivity contribution >= 4 is 0 Å². The molecule has 1 unspecified atom stereocenters. The Balaban J connectivity index is 2.31. The standard InChI is InChI=1S/C11H19F4N/c1-16-7-6-8-2-4-9(5-3-8)10(12)11(13,14)15/h8-10,16H,2-7H2,1H3. The van der Waals surface area contributed by atoms with Crippen LogP contribution in [-0.2, 0) is 0 Å². The van der Waals surface area contributed by atoms with E-state index in [0.29, 0.717) is 18.8 Å². The molecule has 0 aromatic rings. The van der Waals surface area contributed by atoms with E-state index in [1.54, 1.807) is 0 Å². The van der Waals surface area contributed by atoms with Gasteiger partial charge < -0.3 is 5.32 Å². The maximum atomic E-state index is 13.0. The summed E-state index contributed by atoms with van der Waals surface area (Å²) in [5.74, 6) is -0.352. The third-order valence-corrected chi connectivity index (χ3v) is 3.42. The van der Waals surface area contributed by atoms with E-state index >= 15 is 0 Å². The normalized spacial score (nSPS) is 29.1. The van der Waals surface area contributed by atoms with Crippen LogP contribution < -0.4 is 5.32 Å². The molecule has 1 rings (SSSR count). The SMILES string of the molecule is CNCCC1CCC(C(F)C(F)(F)F)CC1. The van der Waals surface area contributed by atoms with Gasteiger partial charge in [-0.15, -0.1) is 0 Å². The van der Waals surface area contributed by atoms with Crippen LogP contribution in [0.2, 0.25) is 0 Å². The predicted octanol–water partition coefficient (Wildman–Crippen LogP) is 3.30. The Hall–Kier alpha value is -0.320. The van der Waals surface area contributed by atoms with E-state index in [2.05, 4.69) is 5.32 Å². The summed E-state index contributed by atoms with van der Waals surface area (Å²) < 4.78 is 49.5. The van der Waals surface area contributed by atoms with E-state index in [4.69, 9.17) is 0 Å². The maximum absolute atomic E-state index is 13.0. The molecule has 1 N–H and O–H groups in total. The zero-order chi connectivity index (χ0) is 12.2. The van der Waals surface area contributed by atoms with Crippen LogP contribution in [0.4, 0.5) is 17.6 Å². The fraction of sp³-hybridized carbons (Fsp3) is 1.00. The van der Waals surface area contributed by atoms with E-state index in [-0.39, 0.29) is 0 Å². The van der Waals surface area contributed by atoms with Gasteiger partial charge in [0, 0.05) is 0 Å². The molecule has 1 fully saturated rings. The first-order chi connectivity index (χ1) is 7.45. The largest absolute Gasteiger partial charge is 0.419 e. The molecular formula is C11H19F4N. The molecule has 0 radical (unpaired) electrons. The van der Waals surface area contributed by atoms with Crippen LogP contribution in [0.5, 0.6) is 0 Å². The minimum absolute atomic E-state index is 0.370. The Kier molecular flexibility index (Phi) is 5.02. The summed E-state index contributed by atoms with van der Waals surface area (Å²) in [6, 6.07) is 0. The van der Waals surface area contributed by atoms with Gasteiger partial charge in [0.1, 0.15) is 0 Å². The highest BCUT2D eigenvalue weighted by atomic mass is 19.4. The number of hydrogen-bond acceptors (Lipinski definition) is 1. The number of alkyl halides is 4. The van der Waals surface area contributed by atoms with Crippen LogP contribution in [0.3, 0.4) is 0 Å². The zero-order valence-corrected chi connectivity index (χ0v) is 9.49. The number of halogens is 4. The van der Waals surface area contributed by atoms with Crippen molar-refractivity contribution in [2.75, 3.05) is 13.6 Å². The molecule has 0 aromatic heterocycles. The van der Waals surface area contributed by atoms with Crippen LogP contribution in [0, 0.1) is 11.8 Å². The molecule has 1 aliphatic carbocycles. The molecule has 16 heavy (non-hydrogen) atoms. The van der Waals surface area contributed by atoms with E-state index in [1.807, 2.05) is 7.05 Å². The van der Waals surface area contributed by atoms with Crippen LogP contribution in [-0.4, -0.2) is 25.9 Å². The van der Waals surface area contributed by atoms with Crippen LogP contribution in [0.1, 0.15) is 32.1 Å². The van der Waals surface area contributed by atoms with E-state index in [1.165, 1.54) is 0 Å². The van der Waals surface area contributed by atoms with Gasteiger partial charge in [-0.25, -0.2) is 4.39 Å². The summed E-state index contributed by atoms with van der Waals surface area (Å²) in [4.78, 5) is 0. The molecule has 1 aliphatic rings. The topological polar surface area (TPSA) is 12.0 Å². The minimum Gasteiger partial charge on any atom is -0.320 e. The predicted molar refractivity (Wildman–Crippen MR) is 54.9 cm³/mol. The first kappa shape index (κ1) is 13.7. The minimum atomic E-state index is -4.68. The van der Waals surface area contributed by atoms with E-state index in [9.17, 15) is 17.6 Å². The van der Waals surface area contributed by atoms with Crippen LogP contribution in [0.15, 0.2) is 0 Å². The van der Waals surface area contributed by atoms with Crippen molar-refractivity contribution < 1.29 is 17.6 Å². The highest BCUT2D eigenvalue weighted by molar-refractivity contribution is 4.81. The van der Waals surface area contributed by atoms with Crippen LogP contribution in [0.25, 0.3) is 0 Å². The molecule has 0 spiro atoms. The number of nitrogens with one attached hydrogen (secondary N) is 1. The van der Waals surface area contributed by atoms with Gasteiger partial charge in [0.2, 0.25) is 0 Å². The van der Waals surface area contributed by atoms with Crippen molar-refractivity contribution in [2.45, 2.75) is 44.5 Å². The Morgan fingerprint density at radius 2 is 1.75 bits per heavy atom. The molecule has 0 aromatic carbocycles. The fourth-order valence-electron chi connectivity index (χ4n) is 2.39. The average molecular weight is 241 g/mol. The van der Waals surface area contributed by atoms with Gasteiger partial charge in [0.05, 0.1) is 0 Å². The Labute approximate surface area is 93.6 Å². The van der Waals surface area contributed by atoms with Gasteiger partial charge in [-0.1, -0.05) is 12.8 Å². The van der Waals surface area contributed by atoms with Gasteiger partial charge in [-0.3, -0.25) is 0 Å². The molecule has 1 nitrogen and oxygen atoms in total. The summed E-state index contributed by atoms with van der Waals surface area (Å²) in [6.45, 7) is 0.883. The second kappa shape index (κ2) is 5.84. The molecule has 1 atom stereocenters. The third kappa shape index (κ3) is 3.92. The lowest BCUT2D eigenvalue weighted by atomic mass is 9.78. The lowest BCUT2D eigenvalue weighted by Crippen LogP contribution is -2.34. The first-order valence-corrected chi connectivity index (χ1v) is 5.80. The third-order valence-electron chi connectivity index (χ3n) is 3.42. The van der Waals surface area contributed by atoms with Gasteiger partial charge in [-0.05, 0) is 44.7 Å². The summed E-state index contributed by atoms with van der Waals surface area (Å²) in [7, 11) is 1.85. The van der Waals surface area contributed by atoms with Gasteiger partial charge in [0.15, 0.2) is 6.17 Å². The van der Waals surface area contributed by atoms with Crippen molar-refractivity contribution in [3.05, 3.63) is 0 Å². The number of rotatable bonds is 4. The van der Waals surface area contributed by atoms with Crippen molar-refractivity contribution in [2.24, 2.45) is 11.8 Å². The Morgan fingerprint density at radius 1 is 1.19 bits per heavy atom. The molecular weight excluding hydrogens is 222 g/mol. The quantitative estimate of drug-likeness (QED) is 0.745. The average Bonchev–Trinajstić information content (AvgIpc) is 2.25. The van der Waals surface area contributed by atoms with E-state index < -0.39 is 18.3 Å². The van der Waals surface area contributed by atoms with Crippen LogP contribution >= 0.6 is 0 Å². The monoisotopic (exact) mass is 241 g/mol. The number of hydrogen-bond donors (Lipinski definition) is 1. The van der Waals surface area contributed by atoms with Crippen molar-refractivity contribution in [1.29, 1.82) is 0 Å². The molecule has 96 valence electrons. The lowest BCUT2D eigenvalue weighted by molar-refractivity contribution is -0.197. The summed E-state index contributed by atoms with van der Waals surface area (Å²) in [6.07, 6.45) is -4.14. The zero-order valence-electron chi connectivity index (χ0n) is 9.49. The maximum Gasteiger partial charge on any atom is 0.419 e. The summed E-state index contributed by atoms with van der Waals surface area (Å²) in [5.41, 5.74) is 0. The van der Waals surface area contributed by atoms with Gasteiger partial charge >= 0.3 is 6.18 Å². The lowest BCUT2D eigenvalue weighted by Gasteiger charge is -2.31. The first-order valence-electron chi connectivity index (χ1n) is 5.80. The second-order valence-electron chi connectivity index (χ2n) is 4.62. The Morgan fingerprint density at radius 3 is 2.19 bits per heavy atom. The van der Waals surface area contributed by atoms with Gasteiger partial charge in [0.25, 0.3) is 0 Å². The molecule has 0 aliphatic heterocycles. The van der Waals surface area contributed by atoms with Crippen molar-refractivity contribution in [3.63, 3.8) is 0 Å². The fourth-order valence-corrected chi connectivity index (χ4v) is 2.39. The highest BCUT2D eigenvalue weighted by Crippen LogP contribution is 2.39. The molecule has 0 amide bonds. The van der Waals surface area contributed by atoms with Crippen molar-refractivity contribution in [1.82, 2.24) is 5.32 Å². The molecule has 1 saturated carbocycles. The van der Waals surface area contributed by atoms with Crippen molar-refractivity contribution in [3.8, 4) is 0 Å². The molecule has 0 bridgehead atoms. The summed E-state index contributed by atoms with van der Waals surface area (Å²) in [5, 5.41) is 3.02. The Bertz CT molecular complexity index is 197. The molecule has 0 heterocycles. The van der Waals surface area contributed by atoms with Gasteiger partial charge in [-0.2, -0.15) is 13.2 Å². The molecule has 5 heteroatoms. The smallest absolute Gasteiger partial charge is 0.320 e. The van der Waals surface area contributed by atoms with E-state index in [0.717, 1.165) is 25.8 Å². The highest BCUT2D eigenvalue weighted by Gasteiger charge is 2.45. The molecule has 0 saturated heterocycles. The second-order valence-corrected chi connectivity index (χ2v) is 4.62. The summed E-state index contributed by atoms with van der Waals surface area (Å²) >= 11 is 0.